The molecule has 3 heterocycles. The molecule has 0 bridgehead atoms. The molecule has 1 aliphatic carbocycles. The van der Waals surface area contributed by atoms with E-state index in [1.54, 1.807) is 17.9 Å². The number of aromatic nitrogens is 3. The Balaban J connectivity index is 1.18. The largest absolute Gasteiger partial charge is 0.497 e. The van der Waals surface area contributed by atoms with Gasteiger partial charge in [0.1, 0.15) is 11.4 Å². The van der Waals surface area contributed by atoms with E-state index in [1.807, 2.05) is 29.2 Å². The van der Waals surface area contributed by atoms with E-state index in [2.05, 4.69) is 15.0 Å². The van der Waals surface area contributed by atoms with Crippen LogP contribution in [0.1, 0.15) is 28.2 Å². The van der Waals surface area contributed by atoms with E-state index < -0.39 is 0 Å². The van der Waals surface area contributed by atoms with Crippen molar-refractivity contribution in [3.63, 3.8) is 0 Å². The number of hydrogen-bond acceptors (Lipinski definition) is 5. The molecule has 8 nitrogen and oxygen atoms in total. The third-order valence-electron chi connectivity index (χ3n) is 6.37. The second kappa shape index (κ2) is 8.19. The van der Waals surface area contributed by atoms with E-state index in [4.69, 9.17) is 4.74 Å². The van der Waals surface area contributed by atoms with Crippen molar-refractivity contribution in [1.82, 2.24) is 24.6 Å². The summed E-state index contributed by atoms with van der Waals surface area (Å²) >= 11 is 0. The number of ether oxygens (including phenoxy) is 1. The topological polar surface area (TPSA) is 83.5 Å². The molecule has 0 atom stereocenters. The number of rotatable bonds is 5. The summed E-state index contributed by atoms with van der Waals surface area (Å²) in [5.74, 6) is 0.783. The molecule has 0 saturated carbocycles. The molecule has 1 aromatic carbocycles. The monoisotopic (exact) mass is 421 g/mol. The zero-order valence-electron chi connectivity index (χ0n) is 17.8. The Morgan fingerprint density at radius 1 is 1.10 bits per heavy atom. The highest BCUT2D eigenvalue weighted by Crippen LogP contribution is 2.22. The molecule has 2 aromatic heterocycles. The van der Waals surface area contributed by atoms with Gasteiger partial charge in [0.15, 0.2) is 0 Å². The van der Waals surface area contributed by atoms with Crippen LogP contribution in [0.2, 0.25) is 0 Å². The molecule has 1 N–H and O–H groups in total. The molecule has 8 heteroatoms. The summed E-state index contributed by atoms with van der Waals surface area (Å²) < 4.78 is 6.86. The molecule has 1 amide bonds. The highest BCUT2D eigenvalue weighted by molar-refractivity contribution is 5.98. The number of carbonyl (C=O) groups is 1. The molecule has 1 fully saturated rings. The number of H-pyrrole nitrogens is 1. The van der Waals surface area contributed by atoms with E-state index in [0.29, 0.717) is 25.3 Å². The normalized spacial score (nSPS) is 16.6. The van der Waals surface area contributed by atoms with Gasteiger partial charge in [0.2, 0.25) is 0 Å². The number of nitrogens with one attached hydrogen (secondary N) is 1. The van der Waals surface area contributed by atoms with Gasteiger partial charge in [-0.25, -0.2) is 4.68 Å². The fraction of sp³-hybridized carbons (Fsp3) is 0.435. The Hall–Kier alpha value is -3.13. The number of nitrogens with zero attached hydrogens (tertiary/aromatic N) is 4. The van der Waals surface area contributed by atoms with Gasteiger partial charge >= 0.3 is 0 Å². The summed E-state index contributed by atoms with van der Waals surface area (Å²) in [6, 6.07) is 9.40. The maximum absolute atomic E-state index is 13.0. The lowest BCUT2D eigenvalue weighted by Gasteiger charge is -2.34. The van der Waals surface area contributed by atoms with Gasteiger partial charge in [0.05, 0.1) is 19.3 Å². The highest BCUT2D eigenvalue weighted by atomic mass is 16.5. The first kappa shape index (κ1) is 19.8. The average Bonchev–Trinajstić information content (AvgIpc) is 3.43. The molecule has 2 aliphatic rings. The lowest BCUT2D eigenvalue weighted by atomic mass is 10.2. The first-order valence-corrected chi connectivity index (χ1v) is 10.9. The molecule has 0 spiro atoms. The number of aromatic amines is 1. The van der Waals surface area contributed by atoms with Crippen molar-refractivity contribution in [2.75, 3.05) is 39.8 Å². The first-order chi connectivity index (χ1) is 15.1. The van der Waals surface area contributed by atoms with Crippen molar-refractivity contribution < 1.29 is 9.53 Å². The maximum Gasteiger partial charge on any atom is 0.270 e. The van der Waals surface area contributed by atoms with E-state index in [1.165, 1.54) is 0 Å². The molecule has 1 aliphatic heterocycles. The van der Waals surface area contributed by atoms with Gasteiger partial charge in [-0.05, 0) is 43.0 Å². The Morgan fingerprint density at radius 2 is 1.94 bits per heavy atom. The summed E-state index contributed by atoms with van der Waals surface area (Å²) in [6.45, 7) is 4.27. The fourth-order valence-corrected chi connectivity index (χ4v) is 4.53. The SMILES string of the molecule is COc1ccc2cc(C(=O)N3CCN(CCn4nc5c(cc4=O)CCC5)CC3)[nH]c2c1. The van der Waals surface area contributed by atoms with Crippen LogP contribution < -0.4 is 10.3 Å². The zero-order valence-corrected chi connectivity index (χ0v) is 17.8. The van der Waals surface area contributed by atoms with E-state index in [0.717, 1.165) is 66.8 Å². The van der Waals surface area contributed by atoms with Crippen LogP contribution in [0.3, 0.4) is 0 Å². The van der Waals surface area contributed by atoms with Crippen molar-refractivity contribution in [2.45, 2.75) is 25.8 Å². The average molecular weight is 422 g/mol. The van der Waals surface area contributed by atoms with Gasteiger partial charge in [0.25, 0.3) is 11.5 Å². The Kier molecular flexibility index (Phi) is 5.23. The molecule has 3 aromatic rings. The van der Waals surface area contributed by atoms with Gasteiger partial charge in [-0.3, -0.25) is 14.5 Å². The first-order valence-electron chi connectivity index (χ1n) is 10.9. The minimum atomic E-state index is -0.00935. The van der Waals surface area contributed by atoms with Crippen molar-refractivity contribution >= 4 is 16.8 Å². The standard InChI is InChI=1S/C23H27N5O3/c1-31-18-6-5-17-13-21(24-20(17)15-18)23(30)27-10-7-26(8-11-27)9-12-28-22(29)14-16-3-2-4-19(16)25-28/h5-6,13-15,24H,2-4,7-12H2,1H3. The summed E-state index contributed by atoms with van der Waals surface area (Å²) in [5.41, 5.74) is 3.68. The maximum atomic E-state index is 13.0. The number of benzene rings is 1. The Bertz CT molecular complexity index is 1170. The van der Waals surface area contributed by atoms with Crippen LogP contribution in [-0.2, 0) is 19.4 Å². The summed E-state index contributed by atoms with van der Waals surface area (Å²) in [7, 11) is 1.63. The molecule has 31 heavy (non-hydrogen) atoms. The second-order valence-corrected chi connectivity index (χ2v) is 8.30. The van der Waals surface area contributed by atoms with Crippen LogP contribution in [0.5, 0.6) is 5.75 Å². The number of carbonyl (C=O) groups excluding carboxylic acids is 1. The Labute approximate surface area is 180 Å². The molecule has 5 rings (SSSR count). The fourth-order valence-electron chi connectivity index (χ4n) is 4.53. The van der Waals surface area contributed by atoms with E-state index in [9.17, 15) is 9.59 Å². The van der Waals surface area contributed by atoms with Crippen LogP contribution >= 0.6 is 0 Å². The summed E-state index contributed by atoms with van der Waals surface area (Å²) in [4.78, 5) is 32.6. The summed E-state index contributed by atoms with van der Waals surface area (Å²) in [5, 5.41) is 5.55. The molecule has 1 saturated heterocycles. The summed E-state index contributed by atoms with van der Waals surface area (Å²) in [6.07, 6.45) is 3.03. The third-order valence-corrected chi connectivity index (χ3v) is 6.37. The quantitative estimate of drug-likeness (QED) is 0.678. The minimum absolute atomic E-state index is 0.00935. The van der Waals surface area contributed by atoms with Crippen molar-refractivity contribution in [3.8, 4) is 5.75 Å². The third kappa shape index (κ3) is 3.95. The van der Waals surface area contributed by atoms with Crippen LogP contribution in [0.15, 0.2) is 35.1 Å². The van der Waals surface area contributed by atoms with Crippen LogP contribution in [-0.4, -0.2) is 70.3 Å². The molecule has 0 radical (unpaired) electrons. The number of amides is 1. The molecular formula is C23H27N5O3. The Morgan fingerprint density at radius 3 is 2.74 bits per heavy atom. The lowest BCUT2D eigenvalue weighted by molar-refractivity contribution is 0.0626. The predicted molar refractivity (Wildman–Crippen MR) is 118 cm³/mol. The van der Waals surface area contributed by atoms with Crippen LogP contribution in [0.25, 0.3) is 10.9 Å². The van der Waals surface area contributed by atoms with Gasteiger partial charge in [0, 0.05) is 55.8 Å². The van der Waals surface area contributed by atoms with Crippen LogP contribution in [0, 0.1) is 0 Å². The van der Waals surface area contributed by atoms with Crippen molar-refractivity contribution in [1.29, 1.82) is 0 Å². The van der Waals surface area contributed by atoms with E-state index >= 15 is 0 Å². The number of fused-ring (bicyclic) bond motifs is 2. The van der Waals surface area contributed by atoms with Crippen molar-refractivity contribution in [2.24, 2.45) is 0 Å². The van der Waals surface area contributed by atoms with Gasteiger partial charge in [-0.1, -0.05) is 0 Å². The highest BCUT2D eigenvalue weighted by Gasteiger charge is 2.23. The smallest absolute Gasteiger partial charge is 0.270 e. The van der Waals surface area contributed by atoms with Gasteiger partial charge in [-0.15, -0.1) is 0 Å². The number of methoxy groups -OCH3 is 1. The second-order valence-electron chi connectivity index (χ2n) is 8.30. The molecular weight excluding hydrogens is 394 g/mol. The number of aryl methyl sites for hydroxylation is 2. The predicted octanol–water partition coefficient (Wildman–Crippen LogP) is 1.68. The van der Waals surface area contributed by atoms with Gasteiger partial charge in [-0.2, -0.15) is 5.10 Å². The number of piperazine rings is 1. The zero-order chi connectivity index (χ0) is 21.4. The van der Waals surface area contributed by atoms with E-state index in [-0.39, 0.29) is 11.5 Å². The number of hydrogen-bond donors (Lipinski definition) is 1. The van der Waals surface area contributed by atoms with Gasteiger partial charge < -0.3 is 14.6 Å². The molecule has 0 unspecified atom stereocenters. The minimum Gasteiger partial charge on any atom is -0.497 e. The molecule has 162 valence electrons. The van der Waals surface area contributed by atoms with Crippen LogP contribution in [0.4, 0.5) is 0 Å². The lowest BCUT2D eigenvalue weighted by Crippen LogP contribution is -2.49. The van der Waals surface area contributed by atoms with Crippen molar-refractivity contribution in [3.05, 3.63) is 57.6 Å².